The van der Waals surface area contributed by atoms with E-state index < -0.39 is 0 Å². The van der Waals surface area contributed by atoms with Crippen LogP contribution in [0.5, 0.6) is 11.5 Å². The fourth-order valence-electron chi connectivity index (χ4n) is 2.71. The van der Waals surface area contributed by atoms with Gasteiger partial charge in [0.05, 0.1) is 19.2 Å². The molecule has 3 rings (SSSR count). The summed E-state index contributed by atoms with van der Waals surface area (Å²) in [7, 11) is 2.96. The van der Waals surface area contributed by atoms with Crippen molar-refractivity contribution in [3.63, 3.8) is 0 Å². The van der Waals surface area contributed by atoms with Crippen molar-refractivity contribution >= 4 is 34.8 Å². The second kappa shape index (κ2) is 7.03. The zero-order chi connectivity index (χ0) is 18.0. The molecule has 130 valence electrons. The van der Waals surface area contributed by atoms with Crippen LogP contribution in [0.25, 0.3) is 0 Å². The molecule has 1 aliphatic heterocycles. The number of nitrogens with one attached hydrogen (secondary N) is 2. The SMILES string of the molecule is COc1cc(C(=O)Nc2ccc3c(c2)CCC(=O)N3)cc(Cl)c1OC. The molecule has 0 unspecified atom stereocenters. The maximum Gasteiger partial charge on any atom is 0.255 e. The number of methoxy groups -OCH3 is 2. The molecule has 0 aromatic heterocycles. The summed E-state index contributed by atoms with van der Waals surface area (Å²) < 4.78 is 10.4. The Bertz CT molecular complexity index is 851. The molecular weight excluding hydrogens is 344 g/mol. The highest BCUT2D eigenvalue weighted by atomic mass is 35.5. The molecule has 7 heteroatoms. The largest absolute Gasteiger partial charge is 0.493 e. The molecule has 2 aromatic rings. The first-order valence-electron chi connectivity index (χ1n) is 7.67. The van der Waals surface area contributed by atoms with Gasteiger partial charge in [-0.25, -0.2) is 0 Å². The van der Waals surface area contributed by atoms with Crippen LogP contribution in [0, 0.1) is 0 Å². The van der Waals surface area contributed by atoms with Crippen molar-refractivity contribution in [2.75, 3.05) is 24.9 Å². The molecule has 0 saturated carbocycles. The molecule has 25 heavy (non-hydrogen) atoms. The van der Waals surface area contributed by atoms with E-state index in [0.717, 1.165) is 11.3 Å². The van der Waals surface area contributed by atoms with Crippen LogP contribution in [-0.4, -0.2) is 26.0 Å². The van der Waals surface area contributed by atoms with Gasteiger partial charge in [0, 0.05) is 23.4 Å². The van der Waals surface area contributed by atoms with Crippen molar-refractivity contribution in [2.45, 2.75) is 12.8 Å². The second-order valence-electron chi connectivity index (χ2n) is 5.57. The van der Waals surface area contributed by atoms with E-state index in [9.17, 15) is 9.59 Å². The Balaban J connectivity index is 1.83. The minimum absolute atomic E-state index is 0.00394. The highest BCUT2D eigenvalue weighted by Crippen LogP contribution is 2.36. The lowest BCUT2D eigenvalue weighted by Crippen LogP contribution is -2.19. The lowest BCUT2D eigenvalue weighted by molar-refractivity contribution is -0.116. The van der Waals surface area contributed by atoms with Crippen LogP contribution in [0.15, 0.2) is 30.3 Å². The van der Waals surface area contributed by atoms with Crippen LogP contribution in [0.2, 0.25) is 5.02 Å². The summed E-state index contributed by atoms with van der Waals surface area (Å²) in [6, 6.07) is 8.47. The van der Waals surface area contributed by atoms with Crippen molar-refractivity contribution in [3.8, 4) is 11.5 Å². The Kier molecular flexibility index (Phi) is 4.81. The molecule has 0 saturated heterocycles. The number of carbonyl (C=O) groups is 2. The van der Waals surface area contributed by atoms with Gasteiger partial charge in [0.2, 0.25) is 5.91 Å². The smallest absolute Gasteiger partial charge is 0.255 e. The lowest BCUT2D eigenvalue weighted by atomic mass is 10.0. The molecule has 0 aliphatic carbocycles. The van der Waals surface area contributed by atoms with Gasteiger partial charge in [-0.2, -0.15) is 0 Å². The molecule has 0 fully saturated rings. The molecule has 1 heterocycles. The van der Waals surface area contributed by atoms with Crippen molar-refractivity contribution in [1.29, 1.82) is 0 Å². The highest BCUT2D eigenvalue weighted by Gasteiger charge is 2.17. The first-order chi connectivity index (χ1) is 12.0. The lowest BCUT2D eigenvalue weighted by Gasteiger charge is -2.18. The minimum atomic E-state index is -0.317. The molecule has 2 amide bonds. The van der Waals surface area contributed by atoms with Crippen molar-refractivity contribution < 1.29 is 19.1 Å². The Labute approximate surface area is 150 Å². The normalized spacial score (nSPS) is 12.8. The fraction of sp³-hybridized carbons (Fsp3) is 0.222. The molecule has 6 nitrogen and oxygen atoms in total. The third kappa shape index (κ3) is 3.53. The topological polar surface area (TPSA) is 76.7 Å². The Morgan fingerprint density at radius 3 is 2.68 bits per heavy atom. The van der Waals surface area contributed by atoms with Crippen LogP contribution in [0.1, 0.15) is 22.3 Å². The quantitative estimate of drug-likeness (QED) is 0.875. The molecule has 0 spiro atoms. The predicted molar refractivity (Wildman–Crippen MR) is 95.9 cm³/mol. The molecule has 2 N–H and O–H groups in total. The summed E-state index contributed by atoms with van der Waals surface area (Å²) in [4.78, 5) is 23.9. The number of carbonyl (C=O) groups excluding carboxylic acids is 2. The van der Waals surface area contributed by atoms with Crippen molar-refractivity contribution in [1.82, 2.24) is 0 Å². The monoisotopic (exact) mass is 360 g/mol. The van der Waals surface area contributed by atoms with E-state index in [1.807, 2.05) is 6.07 Å². The number of aryl methyl sites for hydroxylation is 1. The summed E-state index contributed by atoms with van der Waals surface area (Å²) in [6.07, 6.45) is 1.09. The Morgan fingerprint density at radius 2 is 1.96 bits per heavy atom. The summed E-state index contributed by atoms with van der Waals surface area (Å²) in [6.45, 7) is 0. The predicted octanol–water partition coefficient (Wildman–Crippen LogP) is 3.49. The number of ether oxygens (including phenoxy) is 2. The average Bonchev–Trinajstić information content (AvgIpc) is 2.61. The van der Waals surface area contributed by atoms with Crippen LogP contribution in [0.3, 0.4) is 0 Å². The summed E-state index contributed by atoms with van der Waals surface area (Å²) in [5.74, 6) is 0.449. The van der Waals surface area contributed by atoms with E-state index in [4.69, 9.17) is 21.1 Å². The summed E-state index contributed by atoms with van der Waals surface area (Å²) >= 11 is 6.14. The zero-order valence-electron chi connectivity index (χ0n) is 13.8. The number of hydrogen-bond donors (Lipinski definition) is 2. The van der Waals surface area contributed by atoms with Crippen LogP contribution < -0.4 is 20.1 Å². The van der Waals surface area contributed by atoms with Crippen molar-refractivity contribution in [2.24, 2.45) is 0 Å². The van der Waals surface area contributed by atoms with Gasteiger partial charge in [0.25, 0.3) is 5.91 Å². The third-order valence-corrected chi connectivity index (χ3v) is 4.24. The standard InChI is InChI=1S/C18H17ClN2O4/c1-24-15-9-11(8-13(19)17(15)25-2)18(23)20-12-4-5-14-10(7-12)3-6-16(22)21-14/h4-5,7-9H,3,6H2,1-2H3,(H,20,23)(H,21,22). The van der Waals surface area contributed by atoms with Crippen LogP contribution in [-0.2, 0) is 11.2 Å². The van der Waals surface area contributed by atoms with Gasteiger partial charge < -0.3 is 20.1 Å². The number of amides is 2. The molecule has 0 bridgehead atoms. The maximum absolute atomic E-state index is 12.5. The van der Waals surface area contributed by atoms with E-state index in [1.54, 1.807) is 18.2 Å². The third-order valence-electron chi connectivity index (χ3n) is 3.95. The van der Waals surface area contributed by atoms with Gasteiger partial charge in [0.1, 0.15) is 0 Å². The zero-order valence-corrected chi connectivity index (χ0v) is 14.6. The fourth-order valence-corrected chi connectivity index (χ4v) is 3.00. The molecule has 1 aliphatic rings. The minimum Gasteiger partial charge on any atom is -0.493 e. The van der Waals surface area contributed by atoms with Gasteiger partial charge in [0.15, 0.2) is 11.5 Å². The highest BCUT2D eigenvalue weighted by molar-refractivity contribution is 6.32. The number of halogens is 1. The van der Waals surface area contributed by atoms with E-state index in [0.29, 0.717) is 40.6 Å². The number of benzene rings is 2. The van der Waals surface area contributed by atoms with Gasteiger partial charge in [-0.15, -0.1) is 0 Å². The summed E-state index contributed by atoms with van der Waals surface area (Å²) in [5.41, 5.74) is 2.77. The number of fused-ring (bicyclic) bond motifs is 1. The first-order valence-corrected chi connectivity index (χ1v) is 8.05. The van der Waals surface area contributed by atoms with Gasteiger partial charge in [-0.3, -0.25) is 9.59 Å². The van der Waals surface area contributed by atoms with Gasteiger partial charge >= 0.3 is 0 Å². The number of hydrogen-bond acceptors (Lipinski definition) is 4. The first kappa shape index (κ1) is 17.1. The number of anilines is 2. The van der Waals surface area contributed by atoms with E-state index in [2.05, 4.69) is 10.6 Å². The second-order valence-corrected chi connectivity index (χ2v) is 5.98. The molecule has 0 atom stereocenters. The van der Waals surface area contributed by atoms with Gasteiger partial charge in [-0.1, -0.05) is 11.6 Å². The molecule has 2 aromatic carbocycles. The number of rotatable bonds is 4. The summed E-state index contributed by atoms with van der Waals surface area (Å²) in [5, 5.41) is 5.93. The van der Waals surface area contributed by atoms with E-state index >= 15 is 0 Å². The van der Waals surface area contributed by atoms with Gasteiger partial charge in [-0.05, 0) is 42.3 Å². The van der Waals surface area contributed by atoms with Crippen molar-refractivity contribution in [3.05, 3.63) is 46.5 Å². The van der Waals surface area contributed by atoms with Crippen LogP contribution in [0.4, 0.5) is 11.4 Å². The maximum atomic E-state index is 12.5. The Hall–Kier alpha value is -2.73. The molecular formula is C18H17ClN2O4. The average molecular weight is 361 g/mol. The Morgan fingerprint density at radius 1 is 1.16 bits per heavy atom. The van der Waals surface area contributed by atoms with E-state index in [-0.39, 0.29) is 11.8 Å². The van der Waals surface area contributed by atoms with Crippen LogP contribution >= 0.6 is 11.6 Å². The van der Waals surface area contributed by atoms with E-state index in [1.165, 1.54) is 20.3 Å². The molecule has 0 radical (unpaired) electrons.